The van der Waals surface area contributed by atoms with Crippen molar-refractivity contribution in [3.63, 3.8) is 0 Å². The number of nitrogens with one attached hydrogen (secondary N) is 2. The van der Waals surface area contributed by atoms with Gasteiger partial charge in [0.1, 0.15) is 17.6 Å². The number of hydrogen-bond donors (Lipinski definition) is 2. The van der Waals surface area contributed by atoms with Gasteiger partial charge in [-0.3, -0.25) is 23.9 Å². The predicted molar refractivity (Wildman–Crippen MR) is 181 cm³/mol. The Morgan fingerprint density at radius 1 is 1.02 bits per heavy atom. The Balaban J connectivity index is 1.34. The Hall–Kier alpha value is -3.97. The van der Waals surface area contributed by atoms with E-state index in [1.807, 2.05) is 14.0 Å². The van der Waals surface area contributed by atoms with Crippen LogP contribution in [0.15, 0.2) is 42.0 Å². The molecule has 13 heteroatoms. The minimum atomic E-state index is -0.933. The second-order valence-electron chi connectivity index (χ2n) is 13.3. The van der Waals surface area contributed by atoms with Crippen molar-refractivity contribution in [2.75, 3.05) is 33.2 Å². The molecule has 2 aliphatic rings. The van der Waals surface area contributed by atoms with E-state index in [1.54, 1.807) is 46.3 Å². The Morgan fingerprint density at radius 3 is 2.40 bits per heavy atom. The van der Waals surface area contributed by atoms with Gasteiger partial charge in [-0.1, -0.05) is 38.8 Å². The van der Waals surface area contributed by atoms with Crippen LogP contribution in [0.4, 0.5) is 4.39 Å². The molecule has 3 aromatic rings. The fraction of sp³-hybridized carbons (Fsp3) is 0.543. The van der Waals surface area contributed by atoms with Crippen LogP contribution in [0.5, 0.6) is 0 Å². The van der Waals surface area contributed by atoms with Crippen molar-refractivity contribution < 1.29 is 23.6 Å². The zero-order valence-electron chi connectivity index (χ0n) is 28.2. The maximum absolute atomic E-state index is 15.8. The van der Waals surface area contributed by atoms with Crippen molar-refractivity contribution in [2.45, 2.75) is 77.4 Å². The van der Waals surface area contributed by atoms with Crippen LogP contribution in [0.25, 0.3) is 0 Å². The molecule has 0 radical (unpaired) electrons. The number of rotatable bonds is 12. The molecule has 1 aliphatic carbocycles. The van der Waals surface area contributed by atoms with Crippen molar-refractivity contribution in [1.82, 2.24) is 34.6 Å². The van der Waals surface area contributed by atoms with Crippen LogP contribution < -0.4 is 10.6 Å². The number of aromatic nitrogens is 3. The van der Waals surface area contributed by atoms with Gasteiger partial charge in [-0.25, -0.2) is 8.76 Å². The molecule has 1 saturated heterocycles. The highest BCUT2D eigenvalue weighted by molar-refractivity contribution is 7.03. The highest BCUT2D eigenvalue weighted by Crippen LogP contribution is 2.32. The Kier molecular flexibility index (Phi) is 11.7. The third kappa shape index (κ3) is 8.35. The maximum Gasteiger partial charge on any atom is 0.270 e. The normalized spacial score (nSPS) is 20.5. The van der Waals surface area contributed by atoms with E-state index in [1.165, 1.54) is 12.3 Å². The predicted octanol–water partition coefficient (Wildman–Crippen LogP) is 3.91. The van der Waals surface area contributed by atoms with E-state index in [9.17, 15) is 19.2 Å². The standard InChI is InChI=1S/C35H46FN7O4S/c1-5-43-29(12-13-37-43)34(46)40-32(24-8-6-22(2)7-9-24)30(44)19-26-11-10-25(18-28(26)36)23(3)31(39-33(45)27-20-38-48-21-27)35(47)42-16-14-41(4)15-17-42/h10-13,18,20-24,31-32H,5-9,14-17,19H2,1-4H3,(H,39,45)(H,40,46)/t22?,23-,24?,31+,32-/m0/s1. The van der Waals surface area contributed by atoms with Crippen molar-refractivity contribution >= 4 is 35.0 Å². The monoisotopic (exact) mass is 679 g/mol. The first-order valence-corrected chi connectivity index (χ1v) is 17.7. The van der Waals surface area contributed by atoms with Gasteiger partial charge in [0.05, 0.1) is 17.8 Å². The lowest BCUT2D eigenvalue weighted by Crippen LogP contribution is -2.55. The molecule has 5 rings (SSSR count). The number of carbonyl (C=O) groups is 4. The first-order valence-electron chi connectivity index (χ1n) is 16.9. The second kappa shape index (κ2) is 16.0. The summed E-state index contributed by atoms with van der Waals surface area (Å²) in [7, 11) is 2.00. The third-order valence-electron chi connectivity index (χ3n) is 9.94. The van der Waals surface area contributed by atoms with E-state index in [4.69, 9.17) is 0 Å². The first-order chi connectivity index (χ1) is 23.0. The van der Waals surface area contributed by atoms with Crippen molar-refractivity contribution in [3.8, 4) is 0 Å². The molecule has 2 aromatic heterocycles. The number of nitrogens with zero attached hydrogens (tertiary/aromatic N) is 5. The minimum Gasteiger partial charge on any atom is -0.341 e. The summed E-state index contributed by atoms with van der Waals surface area (Å²) in [5, 5.41) is 11.7. The van der Waals surface area contributed by atoms with Crippen molar-refractivity contribution in [3.05, 3.63) is 70.2 Å². The fourth-order valence-corrected chi connectivity index (χ4v) is 7.24. The Labute approximate surface area is 285 Å². The number of carbonyl (C=O) groups excluding carboxylic acids is 4. The summed E-state index contributed by atoms with van der Waals surface area (Å²) in [6, 6.07) is 4.59. The number of ketones is 1. The summed E-state index contributed by atoms with van der Waals surface area (Å²) in [6.45, 7) is 8.89. The number of benzene rings is 1. The number of halogens is 1. The van der Waals surface area contributed by atoms with Crippen LogP contribution in [0.1, 0.15) is 84.3 Å². The topological polar surface area (TPSA) is 130 Å². The first kappa shape index (κ1) is 35.3. The van der Waals surface area contributed by atoms with Gasteiger partial charge in [0, 0.05) is 56.6 Å². The van der Waals surface area contributed by atoms with Gasteiger partial charge >= 0.3 is 0 Å². The van der Waals surface area contributed by atoms with Crippen LogP contribution in [-0.4, -0.2) is 92.8 Å². The average molecular weight is 680 g/mol. The molecule has 1 saturated carbocycles. The summed E-state index contributed by atoms with van der Waals surface area (Å²) in [5.41, 5.74) is 1.48. The lowest BCUT2D eigenvalue weighted by atomic mass is 9.77. The third-order valence-corrected chi connectivity index (χ3v) is 10.5. The Morgan fingerprint density at radius 2 is 1.75 bits per heavy atom. The number of piperazine rings is 1. The summed E-state index contributed by atoms with van der Waals surface area (Å²) >= 11 is 1.14. The SMILES string of the molecule is CCn1nccc1C(=O)N[C@H](C(=O)Cc1ccc([C@H](C)[C@@H](NC(=O)c2cnsc2)C(=O)N2CCN(C)CC2)cc1F)C1CCC(C)CC1. The van der Waals surface area contributed by atoms with E-state index in [0.29, 0.717) is 42.4 Å². The summed E-state index contributed by atoms with van der Waals surface area (Å²) in [4.78, 5) is 57.9. The molecule has 2 fully saturated rings. The van der Waals surface area contributed by atoms with E-state index < -0.39 is 29.7 Å². The van der Waals surface area contributed by atoms with Crippen LogP contribution in [-0.2, 0) is 22.6 Å². The van der Waals surface area contributed by atoms with Gasteiger partial charge in [-0.05, 0) is 73.4 Å². The van der Waals surface area contributed by atoms with Gasteiger partial charge in [0.15, 0.2) is 5.78 Å². The van der Waals surface area contributed by atoms with Gasteiger partial charge in [0.25, 0.3) is 11.8 Å². The molecule has 1 aliphatic heterocycles. The fourth-order valence-electron chi connectivity index (χ4n) is 6.72. The molecule has 0 spiro atoms. The quantitative estimate of drug-likeness (QED) is 0.297. The molecule has 3 amide bonds. The van der Waals surface area contributed by atoms with Crippen LogP contribution in [0, 0.1) is 17.7 Å². The number of likely N-dealkylation sites (N-methyl/N-ethyl adjacent to an activating group) is 1. The highest BCUT2D eigenvalue weighted by Gasteiger charge is 2.35. The molecule has 258 valence electrons. The second-order valence-corrected chi connectivity index (χ2v) is 13.9. The summed E-state index contributed by atoms with van der Waals surface area (Å²) in [6.07, 6.45) is 6.37. The summed E-state index contributed by atoms with van der Waals surface area (Å²) < 4.78 is 21.4. The summed E-state index contributed by atoms with van der Waals surface area (Å²) in [5.74, 6) is -1.88. The smallest absolute Gasteiger partial charge is 0.270 e. The molecule has 0 bridgehead atoms. The molecule has 1 aromatic carbocycles. The largest absolute Gasteiger partial charge is 0.341 e. The van der Waals surface area contributed by atoms with Crippen LogP contribution in [0.2, 0.25) is 0 Å². The zero-order chi connectivity index (χ0) is 34.4. The lowest BCUT2D eigenvalue weighted by Gasteiger charge is -2.36. The van der Waals surface area contributed by atoms with Gasteiger partial charge in [-0.15, -0.1) is 0 Å². The van der Waals surface area contributed by atoms with Gasteiger partial charge in [0.2, 0.25) is 5.91 Å². The average Bonchev–Trinajstić information content (AvgIpc) is 3.80. The van der Waals surface area contributed by atoms with E-state index in [2.05, 4.69) is 31.9 Å². The molecule has 3 heterocycles. The zero-order valence-corrected chi connectivity index (χ0v) is 29.0. The number of hydrogen-bond acceptors (Lipinski definition) is 8. The van der Waals surface area contributed by atoms with Gasteiger partial charge < -0.3 is 20.4 Å². The maximum atomic E-state index is 15.8. The van der Waals surface area contributed by atoms with E-state index >= 15 is 4.39 Å². The minimum absolute atomic E-state index is 0.0404. The molecule has 0 unspecified atom stereocenters. The lowest BCUT2D eigenvalue weighted by molar-refractivity contribution is -0.135. The highest BCUT2D eigenvalue weighted by atomic mass is 32.1. The molecule has 3 atom stereocenters. The molecule has 48 heavy (non-hydrogen) atoms. The number of amides is 3. The van der Waals surface area contributed by atoms with E-state index in [-0.39, 0.29) is 35.5 Å². The molecule has 11 nitrogen and oxygen atoms in total. The molecular formula is C35H46FN7O4S. The van der Waals surface area contributed by atoms with Crippen LogP contribution in [0.3, 0.4) is 0 Å². The molecular weight excluding hydrogens is 633 g/mol. The number of Topliss-reactive ketones (excluding diaryl/α,β-unsaturated/α-hetero) is 1. The Bertz CT molecular complexity index is 1580. The number of aryl methyl sites for hydroxylation is 1. The van der Waals surface area contributed by atoms with Gasteiger partial charge in [-0.2, -0.15) is 5.10 Å². The van der Waals surface area contributed by atoms with E-state index in [0.717, 1.165) is 50.3 Å². The van der Waals surface area contributed by atoms with Crippen molar-refractivity contribution in [1.29, 1.82) is 0 Å². The van der Waals surface area contributed by atoms with Crippen molar-refractivity contribution in [2.24, 2.45) is 11.8 Å². The van der Waals surface area contributed by atoms with Crippen LogP contribution >= 0.6 is 11.5 Å². The molecule has 2 N–H and O–H groups in total.